The number of ether oxygens (including phenoxy) is 1. The summed E-state index contributed by atoms with van der Waals surface area (Å²) in [6, 6.07) is 8.27. The third kappa shape index (κ3) is 3.29. The van der Waals surface area contributed by atoms with Crippen LogP contribution in [0.3, 0.4) is 0 Å². The molecule has 4 rings (SSSR count). The summed E-state index contributed by atoms with van der Waals surface area (Å²) in [5.74, 6) is 2.84. The Labute approximate surface area is 147 Å². The molecule has 1 atom stereocenters. The van der Waals surface area contributed by atoms with E-state index in [-0.39, 0.29) is 6.10 Å². The van der Waals surface area contributed by atoms with Crippen LogP contribution >= 0.6 is 0 Å². The molecule has 132 valence electrons. The van der Waals surface area contributed by atoms with Gasteiger partial charge >= 0.3 is 0 Å². The molecule has 0 saturated carbocycles. The Balaban J connectivity index is 1.45. The zero-order chi connectivity index (χ0) is 17.4. The van der Waals surface area contributed by atoms with Crippen LogP contribution in [0.2, 0.25) is 0 Å². The lowest BCUT2D eigenvalue weighted by Crippen LogP contribution is -2.44. The molecular formula is C18H24N6O. The van der Waals surface area contributed by atoms with Crippen LogP contribution in [0, 0.1) is 13.8 Å². The Hall–Kier alpha value is -2.25. The fraction of sp³-hybridized carbons (Fsp3) is 0.500. The first-order valence-electron chi connectivity index (χ1n) is 8.72. The second kappa shape index (κ2) is 6.57. The molecule has 7 nitrogen and oxygen atoms in total. The van der Waals surface area contributed by atoms with E-state index in [4.69, 9.17) is 9.72 Å². The molecule has 0 radical (unpaired) electrons. The van der Waals surface area contributed by atoms with Crippen molar-refractivity contribution in [3.05, 3.63) is 41.7 Å². The maximum Gasteiger partial charge on any atom is 0.147 e. The van der Waals surface area contributed by atoms with E-state index in [2.05, 4.69) is 44.8 Å². The van der Waals surface area contributed by atoms with Crippen molar-refractivity contribution in [2.45, 2.75) is 33.0 Å². The molecular weight excluding hydrogens is 316 g/mol. The van der Waals surface area contributed by atoms with Crippen LogP contribution in [-0.4, -0.2) is 55.0 Å². The van der Waals surface area contributed by atoms with Gasteiger partial charge in [-0.2, -0.15) is 5.10 Å². The predicted molar refractivity (Wildman–Crippen MR) is 95.2 cm³/mol. The summed E-state index contributed by atoms with van der Waals surface area (Å²) in [6.07, 6.45) is 0.128. The smallest absolute Gasteiger partial charge is 0.147 e. The molecule has 0 unspecified atom stereocenters. The van der Waals surface area contributed by atoms with Crippen LogP contribution < -0.4 is 0 Å². The average molecular weight is 340 g/mol. The van der Waals surface area contributed by atoms with Crippen molar-refractivity contribution in [1.29, 1.82) is 0 Å². The lowest BCUT2D eigenvalue weighted by atomic mass is 10.2. The first kappa shape index (κ1) is 16.2. The zero-order valence-corrected chi connectivity index (χ0v) is 15.0. The van der Waals surface area contributed by atoms with Gasteiger partial charge in [0.2, 0.25) is 0 Å². The minimum Gasteiger partial charge on any atom is -0.374 e. The summed E-state index contributed by atoms with van der Waals surface area (Å²) in [4.78, 5) is 11.6. The quantitative estimate of drug-likeness (QED) is 0.723. The molecule has 0 spiro atoms. The third-order valence-corrected chi connectivity index (χ3v) is 4.81. The van der Waals surface area contributed by atoms with Gasteiger partial charge in [-0.05, 0) is 26.0 Å². The Morgan fingerprint density at radius 2 is 2.04 bits per heavy atom. The van der Waals surface area contributed by atoms with Crippen molar-refractivity contribution >= 4 is 11.0 Å². The van der Waals surface area contributed by atoms with Gasteiger partial charge in [0.05, 0.1) is 36.8 Å². The van der Waals surface area contributed by atoms with Gasteiger partial charge in [-0.1, -0.05) is 12.1 Å². The molecule has 1 saturated heterocycles. The van der Waals surface area contributed by atoms with Crippen molar-refractivity contribution in [1.82, 2.24) is 29.2 Å². The number of para-hydroxylation sites is 2. The summed E-state index contributed by atoms with van der Waals surface area (Å²) >= 11 is 0. The van der Waals surface area contributed by atoms with Crippen molar-refractivity contribution in [3.8, 4) is 0 Å². The van der Waals surface area contributed by atoms with Gasteiger partial charge < -0.3 is 9.30 Å². The molecule has 1 aliphatic heterocycles. The number of nitrogens with zero attached hydrogens (tertiary/aromatic N) is 6. The van der Waals surface area contributed by atoms with Gasteiger partial charge in [-0.3, -0.25) is 4.90 Å². The summed E-state index contributed by atoms with van der Waals surface area (Å²) in [7, 11) is 2.09. The fourth-order valence-electron chi connectivity index (χ4n) is 3.50. The maximum absolute atomic E-state index is 5.95. The molecule has 0 N–H and O–H groups in total. The maximum atomic E-state index is 5.95. The van der Waals surface area contributed by atoms with Crippen molar-refractivity contribution < 1.29 is 4.74 Å². The molecule has 3 aromatic rings. The standard InChI is InChI=1S/C18H24N6O/c1-13-19-14(2)24(21-13)11-15-10-23(8-9-25-15)12-18-20-16-6-4-5-7-17(16)22(18)3/h4-7,15H,8-12H2,1-3H3/t15-/m0/s1. The molecule has 0 aliphatic carbocycles. The number of hydrogen-bond acceptors (Lipinski definition) is 5. The third-order valence-electron chi connectivity index (χ3n) is 4.81. The van der Waals surface area contributed by atoms with E-state index in [0.717, 1.165) is 55.8 Å². The number of aryl methyl sites for hydroxylation is 3. The summed E-state index contributed by atoms with van der Waals surface area (Å²) in [6.45, 7) is 8.02. The van der Waals surface area contributed by atoms with Crippen molar-refractivity contribution in [3.63, 3.8) is 0 Å². The second-order valence-electron chi connectivity index (χ2n) is 6.69. The summed E-state index contributed by atoms with van der Waals surface area (Å²) in [5, 5.41) is 4.45. The largest absolute Gasteiger partial charge is 0.374 e. The van der Waals surface area contributed by atoms with E-state index < -0.39 is 0 Å². The van der Waals surface area contributed by atoms with E-state index in [0.29, 0.717) is 0 Å². The molecule has 7 heteroatoms. The van der Waals surface area contributed by atoms with Gasteiger partial charge in [0, 0.05) is 20.1 Å². The van der Waals surface area contributed by atoms with Gasteiger partial charge in [0.25, 0.3) is 0 Å². The van der Waals surface area contributed by atoms with Crippen LogP contribution in [0.1, 0.15) is 17.5 Å². The fourth-order valence-corrected chi connectivity index (χ4v) is 3.50. The van der Waals surface area contributed by atoms with E-state index in [1.54, 1.807) is 0 Å². The number of fused-ring (bicyclic) bond motifs is 1. The highest BCUT2D eigenvalue weighted by molar-refractivity contribution is 5.75. The van der Waals surface area contributed by atoms with E-state index in [9.17, 15) is 0 Å². The molecule has 1 aliphatic rings. The topological polar surface area (TPSA) is 61.0 Å². The normalized spacial score (nSPS) is 18.9. The number of aromatic nitrogens is 5. The Kier molecular flexibility index (Phi) is 4.27. The number of imidazole rings is 1. The SMILES string of the molecule is Cc1nc(C)n(C[C@@H]2CN(Cc3nc4ccccc4n3C)CCO2)n1. The Morgan fingerprint density at radius 3 is 2.80 bits per heavy atom. The molecule has 3 heterocycles. The summed E-state index contributed by atoms with van der Waals surface area (Å²) in [5.41, 5.74) is 2.23. The van der Waals surface area contributed by atoms with Gasteiger partial charge in [0.1, 0.15) is 17.5 Å². The zero-order valence-electron chi connectivity index (χ0n) is 15.0. The number of morpholine rings is 1. The lowest BCUT2D eigenvalue weighted by Gasteiger charge is -2.32. The number of benzene rings is 1. The van der Waals surface area contributed by atoms with Crippen LogP contribution in [0.5, 0.6) is 0 Å². The van der Waals surface area contributed by atoms with E-state index >= 15 is 0 Å². The first-order valence-corrected chi connectivity index (χ1v) is 8.72. The average Bonchev–Trinajstić information content (AvgIpc) is 3.07. The molecule has 1 fully saturated rings. The second-order valence-corrected chi connectivity index (χ2v) is 6.69. The van der Waals surface area contributed by atoms with Gasteiger partial charge in [-0.25, -0.2) is 14.6 Å². The molecule has 1 aromatic carbocycles. The monoisotopic (exact) mass is 340 g/mol. The highest BCUT2D eigenvalue weighted by atomic mass is 16.5. The highest BCUT2D eigenvalue weighted by Crippen LogP contribution is 2.17. The minimum absolute atomic E-state index is 0.128. The number of rotatable bonds is 4. The first-order chi connectivity index (χ1) is 12.1. The predicted octanol–water partition coefficient (Wildman–Crippen LogP) is 1.68. The number of hydrogen-bond donors (Lipinski definition) is 0. The molecule has 2 aromatic heterocycles. The van der Waals surface area contributed by atoms with Crippen molar-refractivity contribution in [2.75, 3.05) is 19.7 Å². The lowest BCUT2D eigenvalue weighted by molar-refractivity contribution is -0.0413. The molecule has 0 bridgehead atoms. The Morgan fingerprint density at radius 1 is 1.20 bits per heavy atom. The van der Waals surface area contributed by atoms with E-state index in [1.807, 2.05) is 24.6 Å². The Bertz CT molecular complexity index is 883. The van der Waals surface area contributed by atoms with Crippen molar-refractivity contribution in [2.24, 2.45) is 7.05 Å². The van der Waals surface area contributed by atoms with E-state index in [1.165, 1.54) is 5.52 Å². The minimum atomic E-state index is 0.128. The molecule has 25 heavy (non-hydrogen) atoms. The van der Waals surface area contributed by atoms with Crippen LogP contribution in [-0.2, 0) is 24.9 Å². The molecule has 0 amide bonds. The van der Waals surface area contributed by atoms with Gasteiger partial charge in [0.15, 0.2) is 0 Å². The van der Waals surface area contributed by atoms with Crippen LogP contribution in [0.4, 0.5) is 0 Å². The summed E-state index contributed by atoms with van der Waals surface area (Å²) < 4.78 is 10.1. The highest BCUT2D eigenvalue weighted by Gasteiger charge is 2.23. The van der Waals surface area contributed by atoms with Crippen LogP contribution in [0.25, 0.3) is 11.0 Å². The van der Waals surface area contributed by atoms with Crippen LogP contribution in [0.15, 0.2) is 24.3 Å². The van der Waals surface area contributed by atoms with Gasteiger partial charge in [-0.15, -0.1) is 0 Å².